The van der Waals surface area contributed by atoms with Crippen molar-refractivity contribution in [2.45, 2.75) is 25.3 Å². The number of nitrogens with one attached hydrogen (secondary N) is 1. The lowest BCUT2D eigenvalue weighted by Gasteiger charge is -2.29. The molecular weight excluding hydrogens is 284 g/mol. The zero-order chi connectivity index (χ0) is 15.9. The highest BCUT2D eigenvalue weighted by Gasteiger charge is 2.21. The van der Waals surface area contributed by atoms with Gasteiger partial charge in [-0.2, -0.15) is 15.5 Å². The van der Waals surface area contributed by atoms with Crippen molar-refractivity contribution in [2.75, 3.05) is 13.1 Å². The third-order valence-corrected chi connectivity index (χ3v) is 3.43. The number of nitriles is 1. The normalized spacial score (nSPS) is 16.2. The summed E-state index contributed by atoms with van der Waals surface area (Å²) in [4.78, 5) is 11.9. The maximum absolute atomic E-state index is 10.6. The number of rotatable bonds is 4. The number of nitro groups is 1. The first kappa shape index (κ1) is 15.6. The number of azo groups is 1. The Balaban J connectivity index is 2.04. The molecule has 0 radical (unpaired) electrons. The number of non-ortho nitro benzene ring substituents is 1. The molecule has 2 rings (SSSR count). The van der Waals surface area contributed by atoms with E-state index < -0.39 is 11.0 Å². The summed E-state index contributed by atoms with van der Waals surface area (Å²) in [6.07, 6.45) is 3.17. The van der Waals surface area contributed by atoms with Gasteiger partial charge < -0.3 is 4.90 Å². The Kier molecular flexibility index (Phi) is 5.14. The summed E-state index contributed by atoms with van der Waals surface area (Å²) in [5.41, 5.74) is 0.383. The second-order valence-electron chi connectivity index (χ2n) is 4.95. The highest BCUT2D eigenvalue weighted by atomic mass is 16.6. The minimum atomic E-state index is -0.951. The van der Waals surface area contributed by atoms with E-state index in [0.29, 0.717) is 5.69 Å². The Morgan fingerprint density at radius 2 is 1.95 bits per heavy atom. The largest absolute Gasteiger partial charge is 0.358 e. The topological polar surface area (TPSA) is 119 Å². The SMILES string of the molecule is N#CC(N=Nc1ccc([N+](=O)[O-])cc1)C(=N)N1CCCCC1. The first-order valence-corrected chi connectivity index (χ1v) is 7.00. The van der Waals surface area contributed by atoms with Gasteiger partial charge >= 0.3 is 0 Å². The van der Waals surface area contributed by atoms with Crippen LogP contribution in [0.15, 0.2) is 34.5 Å². The highest BCUT2D eigenvalue weighted by molar-refractivity contribution is 5.87. The van der Waals surface area contributed by atoms with Crippen LogP contribution in [0.3, 0.4) is 0 Å². The minimum Gasteiger partial charge on any atom is -0.358 e. The number of benzene rings is 1. The maximum atomic E-state index is 10.6. The van der Waals surface area contributed by atoms with E-state index in [4.69, 9.17) is 10.7 Å². The molecule has 0 saturated carbocycles. The van der Waals surface area contributed by atoms with Crippen molar-refractivity contribution in [3.63, 3.8) is 0 Å². The average Bonchev–Trinajstić information content (AvgIpc) is 2.56. The average molecular weight is 300 g/mol. The lowest BCUT2D eigenvalue weighted by atomic mass is 10.1. The van der Waals surface area contributed by atoms with Crippen LogP contribution >= 0.6 is 0 Å². The van der Waals surface area contributed by atoms with Crippen LogP contribution in [0.2, 0.25) is 0 Å². The van der Waals surface area contributed by atoms with E-state index in [1.165, 1.54) is 24.3 Å². The number of hydrogen-bond acceptors (Lipinski definition) is 6. The Morgan fingerprint density at radius 3 is 2.50 bits per heavy atom. The van der Waals surface area contributed by atoms with Crippen LogP contribution in [0.5, 0.6) is 0 Å². The molecule has 1 aliphatic heterocycles. The Labute approximate surface area is 127 Å². The molecule has 1 fully saturated rings. The van der Waals surface area contributed by atoms with Crippen molar-refractivity contribution in [3.8, 4) is 6.07 Å². The predicted molar refractivity (Wildman–Crippen MR) is 80.2 cm³/mol. The number of likely N-dealkylation sites (tertiary alicyclic amines) is 1. The summed E-state index contributed by atoms with van der Waals surface area (Å²) in [5.74, 6) is 0.160. The predicted octanol–water partition coefficient (Wildman–Crippen LogP) is 3.03. The van der Waals surface area contributed by atoms with E-state index in [9.17, 15) is 10.1 Å². The number of hydrogen-bond donors (Lipinski definition) is 1. The quantitative estimate of drug-likeness (QED) is 0.302. The molecule has 1 aromatic carbocycles. The molecule has 1 saturated heterocycles. The standard InChI is InChI=1S/C14H16N6O2/c15-10-13(14(16)19-8-2-1-3-9-19)18-17-11-4-6-12(7-5-11)20(21)22/h4-7,13,16H,1-3,8-9H2. The molecule has 0 amide bonds. The number of nitrogens with zero attached hydrogens (tertiary/aromatic N) is 5. The summed E-state index contributed by atoms with van der Waals surface area (Å²) in [6.45, 7) is 1.54. The minimum absolute atomic E-state index is 0.0307. The summed E-state index contributed by atoms with van der Waals surface area (Å²) in [7, 11) is 0. The first-order chi connectivity index (χ1) is 10.6. The van der Waals surface area contributed by atoms with Gasteiger partial charge in [-0.1, -0.05) is 0 Å². The Hall–Kier alpha value is -2.82. The number of piperidine rings is 1. The molecule has 1 atom stereocenters. The van der Waals surface area contributed by atoms with Crippen LogP contribution < -0.4 is 0 Å². The van der Waals surface area contributed by atoms with E-state index >= 15 is 0 Å². The van der Waals surface area contributed by atoms with Gasteiger partial charge in [0.05, 0.1) is 16.7 Å². The zero-order valence-corrected chi connectivity index (χ0v) is 12.0. The number of nitro benzene ring substituents is 1. The van der Waals surface area contributed by atoms with Gasteiger partial charge in [0, 0.05) is 25.2 Å². The molecule has 1 heterocycles. The molecule has 22 heavy (non-hydrogen) atoms. The van der Waals surface area contributed by atoms with Gasteiger partial charge in [-0.3, -0.25) is 15.5 Å². The molecule has 8 heteroatoms. The van der Waals surface area contributed by atoms with Gasteiger partial charge in [0.15, 0.2) is 0 Å². The van der Waals surface area contributed by atoms with Crippen LogP contribution in [-0.4, -0.2) is 34.8 Å². The fourth-order valence-corrected chi connectivity index (χ4v) is 2.21. The van der Waals surface area contributed by atoms with Crippen molar-refractivity contribution in [1.29, 1.82) is 10.7 Å². The Morgan fingerprint density at radius 1 is 1.32 bits per heavy atom. The van der Waals surface area contributed by atoms with Crippen molar-refractivity contribution in [1.82, 2.24) is 4.90 Å². The summed E-state index contributed by atoms with van der Waals surface area (Å²) in [6, 6.07) is 6.58. The van der Waals surface area contributed by atoms with Crippen LogP contribution in [-0.2, 0) is 0 Å². The molecule has 1 aromatic rings. The lowest BCUT2D eigenvalue weighted by molar-refractivity contribution is -0.384. The zero-order valence-electron chi connectivity index (χ0n) is 12.0. The molecule has 1 aliphatic rings. The highest BCUT2D eigenvalue weighted by Crippen LogP contribution is 2.19. The molecule has 0 spiro atoms. The van der Waals surface area contributed by atoms with Gasteiger partial charge in [0.2, 0.25) is 6.04 Å². The molecule has 0 aromatic heterocycles. The molecular formula is C14H16N6O2. The van der Waals surface area contributed by atoms with Gasteiger partial charge in [0.1, 0.15) is 5.84 Å². The summed E-state index contributed by atoms with van der Waals surface area (Å²) < 4.78 is 0. The van der Waals surface area contributed by atoms with Gasteiger partial charge in [-0.15, -0.1) is 0 Å². The Bertz CT molecular complexity index is 613. The molecule has 0 bridgehead atoms. The monoisotopic (exact) mass is 300 g/mol. The third kappa shape index (κ3) is 3.85. The second-order valence-corrected chi connectivity index (χ2v) is 4.95. The molecule has 8 nitrogen and oxygen atoms in total. The van der Waals surface area contributed by atoms with Gasteiger partial charge in [-0.05, 0) is 31.4 Å². The molecule has 114 valence electrons. The van der Waals surface area contributed by atoms with E-state index in [1.54, 1.807) is 0 Å². The third-order valence-electron chi connectivity index (χ3n) is 3.43. The van der Waals surface area contributed by atoms with E-state index in [0.717, 1.165) is 32.4 Å². The van der Waals surface area contributed by atoms with E-state index in [2.05, 4.69) is 10.2 Å². The van der Waals surface area contributed by atoms with Crippen LogP contribution in [0, 0.1) is 26.9 Å². The first-order valence-electron chi connectivity index (χ1n) is 7.00. The van der Waals surface area contributed by atoms with Crippen LogP contribution in [0.25, 0.3) is 0 Å². The van der Waals surface area contributed by atoms with Crippen molar-refractivity contribution < 1.29 is 4.92 Å². The molecule has 0 aliphatic carbocycles. The fraction of sp³-hybridized carbons (Fsp3) is 0.429. The van der Waals surface area contributed by atoms with Gasteiger partial charge in [0.25, 0.3) is 5.69 Å². The molecule has 1 unspecified atom stereocenters. The van der Waals surface area contributed by atoms with Gasteiger partial charge in [-0.25, -0.2) is 0 Å². The van der Waals surface area contributed by atoms with Crippen LogP contribution in [0.1, 0.15) is 19.3 Å². The van der Waals surface area contributed by atoms with Crippen molar-refractivity contribution in [3.05, 3.63) is 34.4 Å². The lowest BCUT2D eigenvalue weighted by Crippen LogP contribution is -2.40. The second kappa shape index (κ2) is 7.26. The van der Waals surface area contributed by atoms with Crippen LogP contribution in [0.4, 0.5) is 11.4 Å². The van der Waals surface area contributed by atoms with E-state index in [1.807, 2.05) is 11.0 Å². The summed E-state index contributed by atoms with van der Waals surface area (Å²) >= 11 is 0. The fourth-order valence-electron chi connectivity index (χ4n) is 2.21. The maximum Gasteiger partial charge on any atom is 0.269 e. The summed E-state index contributed by atoms with van der Waals surface area (Å²) in [5, 5.41) is 35.6. The smallest absolute Gasteiger partial charge is 0.269 e. The molecule has 1 N–H and O–H groups in total. The van der Waals surface area contributed by atoms with Crippen molar-refractivity contribution >= 4 is 17.2 Å². The van der Waals surface area contributed by atoms with E-state index in [-0.39, 0.29) is 11.5 Å². The number of amidine groups is 1. The van der Waals surface area contributed by atoms with Crippen molar-refractivity contribution in [2.24, 2.45) is 10.2 Å².